The fourth-order valence-electron chi connectivity index (χ4n) is 2.00. The van der Waals surface area contributed by atoms with E-state index in [1.807, 2.05) is 0 Å². The molecule has 0 spiro atoms. The molecule has 2 unspecified atom stereocenters. The number of alkyl halides is 1. The normalized spacial score (nSPS) is 23.7. The summed E-state index contributed by atoms with van der Waals surface area (Å²) in [6, 6.07) is 4.61. The number of amides is 1. The van der Waals surface area contributed by atoms with E-state index >= 15 is 0 Å². The molecule has 0 aromatic heterocycles. The third-order valence-corrected chi connectivity index (χ3v) is 4.08. The summed E-state index contributed by atoms with van der Waals surface area (Å²) in [6.45, 7) is 0. The Morgan fingerprint density at radius 3 is 2.88 bits per heavy atom. The molecular weight excluding hydrogens is 308 g/mol. The zero-order valence-corrected chi connectivity index (χ0v) is 11.4. The summed E-state index contributed by atoms with van der Waals surface area (Å²) in [5.41, 5.74) is 0.0511. The van der Waals surface area contributed by atoms with Gasteiger partial charge >= 0.3 is 0 Å². The summed E-state index contributed by atoms with van der Waals surface area (Å²) in [4.78, 5) is 11.9. The topological polar surface area (TPSA) is 29.1 Å². The fourth-order valence-corrected chi connectivity index (χ4v) is 2.71. The van der Waals surface area contributed by atoms with Crippen LogP contribution in [0.15, 0.2) is 22.7 Å². The first-order chi connectivity index (χ1) is 8.09. The zero-order chi connectivity index (χ0) is 12.4. The Bertz CT molecular complexity index is 441. The molecular formula is C12H12BrClFNO. The zero-order valence-electron chi connectivity index (χ0n) is 9.05. The predicted octanol–water partition coefficient (Wildman–Crippen LogP) is 3.48. The summed E-state index contributed by atoms with van der Waals surface area (Å²) in [6.07, 6.45) is 2.75. The average Bonchev–Trinajstić information content (AvgIpc) is 2.68. The van der Waals surface area contributed by atoms with Crippen molar-refractivity contribution in [3.63, 3.8) is 0 Å². The van der Waals surface area contributed by atoms with Gasteiger partial charge in [-0.05, 0) is 47.3 Å². The van der Waals surface area contributed by atoms with Crippen LogP contribution >= 0.6 is 27.5 Å². The van der Waals surface area contributed by atoms with Crippen molar-refractivity contribution in [2.75, 3.05) is 0 Å². The van der Waals surface area contributed by atoms with Gasteiger partial charge in [-0.3, -0.25) is 4.79 Å². The summed E-state index contributed by atoms with van der Waals surface area (Å²) in [5, 5.41) is 2.73. The number of carbonyl (C=O) groups is 1. The van der Waals surface area contributed by atoms with Gasteiger partial charge in [0.15, 0.2) is 0 Å². The van der Waals surface area contributed by atoms with Gasteiger partial charge in [-0.2, -0.15) is 0 Å². The molecule has 17 heavy (non-hydrogen) atoms. The number of rotatable bonds is 2. The Morgan fingerprint density at radius 2 is 2.24 bits per heavy atom. The van der Waals surface area contributed by atoms with Crippen LogP contribution in [0.2, 0.25) is 0 Å². The van der Waals surface area contributed by atoms with Crippen molar-refractivity contribution < 1.29 is 9.18 Å². The van der Waals surface area contributed by atoms with E-state index in [-0.39, 0.29) is 17.0 Å². The molecule has 0 aliphatic heterocycles. The first kappa shape index (κ1) is 12.8. The summed E-state index contributed by atoms with van der Waals surface area (Å²) in [5.74, 6) is -0.935. The minimum Gasteiger partial charge on any atom is -0.348 e. The van der Waals surface area contributed by atoms with Crippen LogP contribution in [-0.2, 0) is 0 Å². The number of benzene rings is 1. The fraction of sp³-hybridized carbons (Fsp3) is 0.417. The van der Waals surface area contributed by atoms with Gasteiger partial charge in [-0.25, -0.2) is 4.39 Å². The molecule has 0 radical (unpaired) electrons. The predicted molar refractivity (Wildman–Crippen MR) is 68.8 cm³/mol. The molecule has 1 saturated carbocycles. The Hall–Kier alpha value is -0.610. The molecule has 2 rings (SSSR count). The summed E-state index contributed by atoms with van der Waals surface area (Å²) < 4.78 is 14.0. The second-order valence-electron chi connectivity index (χ2n) is 4.13. The van der Waals surface area contributed by atoms with Crippen LogP contribution in [0.4, 0.5) is 4.39 Å². The lowest BCUT2D eigenvalue weighted by Gasteiger charge is -2.16. The van der Waals surface area contributed by atoms with Crippen molar-refractivity contribution in [3.05, 3.63) is 34.1 Å². The molecule has 2 nitrogen and oxygen atoms in total. The standard InChI is InChI=1S/C12H12BrClFNO/c13-8-4-1-3-7(11(8)15)12(17)16-10-6-2-5-9(10)14/h1,3-4,9-10H,2,5-6H2,(H,16,17). The molecule has 1 fully saturated rings. The van der Waals surface area contributed by atoms with Crippen molar-refractivity contribution in [1.82, 2.24) is 5.32 Å². The van der Waals surface area contributed by atoms with Gasteiger partial charge in [0.1, 0.15) is 5.82 Å². The lowest BCUT2D eigenvalue weighted by Crippen LogP contribution is -2.38. The monoisotopic (exact) mass is 319 g/mol. The first-order valence-electron chi connectivity index (χ1n) is 5.48. The molecule has 1 N–H and O–H groups in total. The van der Waals surface area contributed by atoms with E-state index in [1.54, 1.807) is 12.1 Å². The molecule has 1 aliphatic carbocycles. The Morgan fingerprint density at radius 1 is 1.47 bits per heavy atom. The largest absolute Gasteiger partial charge is 0.348 e. The van der Waals surface area contributed by atoms with Gasteiger partial charge in [-0.1, -0.05) is 6.07 Å². The smallest absolute Gasteiger partial charge is 0.254 e. The van der Waals surface area contributed by atoms with Crippen LogP contribution in [0.1, 0.15) is 29.6 Å². The highest BCUT2D eigenvalue weighted by Gasteiger charge is 2.27. The summed E-state index contributed by atoms with van der Waals surface area (Å²) in [7, 11) is 0. The van der Waals surface area contributed by atoms with E-state index in [4.69, 9.17) is 11.6 Å². The van der Waals surface area contributed by atoms with Gasteiger partial charge in [0, 0.05) is 6.04 Å². The third-order valence-electron chi connectivity index (χ3n) is 2.94. The number of halogens is 3. The van der Waals surface area contributed by atoms with Gasteiger partial charge in [0.25, 0.3) is 5.91 Å². The molecule has 0 saturated heterocycles. The quantitative estimate of drug-likeness (QED) is 0.831. The molecule has 1 aromatic rings. The summed E-state index contributed by atoms with van der Waals surface area (Å²) >= 11 is 9.12. The van der Waals surface area contributed by atoms with E-state index in [0.717, 1.165) is 19.3 Å². The molecule has 0 bridgehead atoms. The van der Waals surface area contributed by atoms with Crippen LogP contribution in [0.3, 0.4) is 0 Å². The minimum atomic E-state index is -0.533. The van der Waals surface area contributed by atoms with Crippen molar-refractivity contribution in [2.24, 2.45) is 0 Å². The van der Waals surface area contributed by atoms with E-state index in [9.17, 15) is 9.18 Å². The Kier molecular flexibility index (Phi) is 4.05. The number of carbonyl (C=O) groups excluding carboxylic acids is 1. The van der Waals surface area contributed by atoms with Crippen LogP contribution in [0, 0.1) is 5.82 Å². The SMILES string of the molecule is O=C(NC1CCCC1Cl)c1cccc(Br)c1F. The third kappa shape index (κ3) is 2.80. The second kappa shape index (κ2) is 5.36. The maximum atomic E-state index is 13.7. The molecule has 0 heterocycles. The van der Waals surface area contributed by atoms with E-state index < -0.39 is 11.7 Å². The number of hydrogen-bond acceptors (Lipinski definition) is 1. The van der Waals surface area contributed by atoms with Crippen molar-refractivity contribution in [2.45, 2.75) is 30.7 Å². The van der Waals surface area contributed by atoms with Crippen molar-refractivity contribution in [3.8, 4) is 0 Å². The molecule has 92 valence electrons. The van der Waals surface area contributed by atoms with E-state index in [1.165, 1.54) is 6.07 Å². The van der Waals surface area contributed by atoms with Crippen LogP contribution < -0.4 is 5.32 Å². The highest BCUT2D eigenvalue weighted by atomic mass is 79.9. The Balaban J connectivity index is 2.12. The van der Waals surface area contributed by atoms with Crippen LogP contribution in [-0.4, -0.2) is 17.3 Å². The molecule has 2 atom stereocenters. The highest BCUT2D eigenvalue weighted by molar-refractivity contribution is 9.10. The van der Waals surface area contributed by atoms with Gasteiger partial charge < -0.3 is 5.32 Å². The highest BCUT2D eigenvalue weighted by Crippen LogP contribution is 2.25. The Labute approximate surface area is 113 Å². The van der Waals surface area contributed by atoms with E-state index in [2.05, 4.69) is 21.2 Å². The molecule has 1 aliphatic rings. The first-order valence-corrected chi connectivity index (χ1v) is 6.71. The molecule has 1 amide bonds. The molecule has 5 heteroatoms. The van der Waals surface area contributed by atoms with Gasteiger partial charge in [0.05, 0.1) is 15.4 Å². The average molecular weight is 321 g/mol. The minimum absolute atomic E-state index is 0.0471. The maximum absolute atomic E-state index is 13.7. The van der Waals surface area contributed by atoms with Crippen molar-refractivity contribution >= 4 is 33.4 Å². The lowest BCUT2D eigenvalue weighted by atomic mass is 10.1. The van der Waals surface area contributed by atoms with E-state index in [0.29, 0.717) is 4.47 Å². The maximum Gasteiger partial charge on any atom is 0.254 e. The lowest BCUT2D eigenvalue weighted by molar-refractivity contribution is 0.0934. The molecule has 1 aromatic carbocycles. The second-order valence-corrected chi connectivity index (χ2v) is 5.54. The van der Waals surface area contributed by atoms with Gasteiger partial charge in [0.2, 0.25) is 0 Å². The van der Waals surface area contributed by atoms with Gasteiger partial charge in [-0.15, -0.1) is 11.6 Å². The number of nitrogens with one attached hydrogen (secondary N) is 1. The van der Waals surface area contributed by atoms with Crippen LogP contribution in [0.25, 0.3) is 0 Å². The van der Waals surface area contributed by atoms with Crippen molar-refractivity contribution in [1.29, 1.82) is 0 Å². The van der Waals surface area contributed by atoms with Crippen LogP contribution in [0.5, 0.6) is 0 Å². The number of hydrogen-bond donors (Lipinski definition) is 1.